The van der Waals surface area contributed by atoms with Gasteiger partial charge < -0.3 is 11.1 Å². The molecule has 2 saturated heterocycles. The van der Waals surface area contributed by atoms with Gasteiger partial charge in [-0.25, -0.2) is 0 Å². The minimum absolute atomic E-state index is 0.227. The summed E-state index contributed by atoms with van der Waals surface area (Å²) >= 11 is 0. The summed E-state index contributed by atoms with van der Waals surface area (Å²) in [6.07, 6.45) is 2.79. The summed E-state index contributed by atoms with van der Waals surface area (Å²) in [5.74, 6) is 0.845. The molecule has 2 unspecified atom stereocenters. The number of nitrogens with two attached hydrogens (primary N) is 1. The Balaban J connectivity index is 1.61. The molecule has 1 aromatic carbocycles. The van der Waals surface area contributed by atoms with Crippen LogP contribution in [0.25, 0.3) is 0 Å². The van der Waals surface area contributed by atoms with E-state index in [9.17, 15) is 4.79 Å². The Kier molecular flexibility index (Phi) is 3.42. The third-order valence-corrected chi connectivity index (χ3v) is 4.26. The van der Waals surface area contributed by atoms with Gasteiger partial charge in [-0.15, -0.1) is 0 Å². The topological polar surface area (TPSA) is 58.4 Å². The molecular formula is C15H21N3O. The van der Waals surface area contributed by atoms with E-state index in [2.05, 4.69) is 22.3 Å². The van der Waals surface area contributed by atoms with Crippen molar-refractivity contribution in [2.45, 2.75) is 31.8 Å². The fourth-order valence-corrected chi connectivity index (χ4v) is 3.28. The summed E-state index contributed by atoms with van der Waals surface area (Å²) in [5.41, 5.74) is 7.93. The highest BCUT2D eigenvalue weighted by molar-refractivity contribution is 5.77. The number of nitrogen functional groups attached to an aromatic ring is 1. The maximum Gasteiger partial charge on any atom is 0.220 e. The Hall–Kier alpha value is -1.55. The first-order valence-electron chi connectivity index (χ1n) is 7.07. The van der Waals surface area contributed by atoms with Gasteiger partial charge in [-0.3, -0.25) is 9.69 Å². The highest BCUT2D eigenvalue weighted by Gasteiger charge is 2.33. The zero-order valence-electron chi connectivity index (χ0n) is 11.1. The Labute approximate surface area is 114 Å². The minimum atomic E-state index is 0.227. The van der Waals surface area contributed by atoms with Crippen molar-refractivity contribution < 1.29 is 4.79 Å². The molecule has 1 amide bonds. The molecule has 102 valence electrons. The van der Waals surface area contributed by atoms with Crippen molar-refractivity contribution in [1.82, 2.24) is 10.2 Å². The highest BCUT2D eigenvalue weighted by Crippen LogP contribution is 2.26. The third kappa shape index (κ3) is 2.89. The minimum Gasteiger partial charge on any atom is -0.399 e. The fourth-order valence-electron chi connectivity index (χ4n) is 3.28. The second-order valence-electron chi connectivity index (χ2n) is 5.74. The van der Waals surface area contributed by atoms with E-state index >= 15 is 0 Å². The van der Waals surface area contributed by atoms with Gasteiger partial charge in [0.25, 0.3) is 0 Å². The molecule has 4 nitrogen and oxygen atoms in total. The second kappa shape index (κ2) is 5.21. The number of amides is 1. The number of carbonyl (C=O) groups is 1. The normalized spacial score (nSPS) is 27.7. The van der Waals surface area contributed by atoms with Crippen molar-refractivity contribution in [2.24, 2.45) is 5.92 Å². The lowest BCUT2D eigenvalue weighted by Gasteiger charge is -2.41. The second-order valence-corrected chi connectivity index (χ2v) is 5.74. The molecule has 0 aliphatic carbocycles. The molecule has 0 aromatic heterocycles. The summed E-state index contributed by atoms with van der Waals surface area (Å²) in [4.78, 5) is 13.9. The van der Waals surface area contributed by atoms with Crippen molar-refractivity contribution in [3.8, 4) is 0 Å². The van der Waals surface area contributed by atoms with E-state index in [4.69, 9.17) is 5.73 Å². The summed E-state index contributed by atoms with van der Waals surface area (Å²) in [6, 6.07) is 8.52. The van der Waals surface area contributed by atoms with Gasteiger partial charge >= 0.3 is 0 Å². The smallest absolute Gasteiger partial charge is 0.220 e. The van der Waals surface area contributed by atoms with Gasteiger partial charge in [0.05, 0.1) is 0 Å². The molecule has 0 radical (unpaired) electrons. The van der Waals surface area contributed by atoms with Crippen LogP contribution in [0.2, 0.25) is 0 Å². The van der Waals surface area contributed by atoms with Gasteiger partial charge in [0.1, 0.15) is 0 Å². The van der Waals surface area contributed by atoms with Crippen LogP contribution in [0.3, 0.4) is 0 Å². The molecule has 2 aliphatic rings. The number of benzene rings is 1. The van der Waals surface area contributed by atoms with Gasteiger partial charge in [-0.1, -0.05) is 12.1 Å². The summed E-state index contributed by atoms with van der Waals surface area (Å²) < 4.78 is 0. The van der Waals surface area contributed by atoms with Crippen LogP contribution in [0.5, 0.6) is 0 Å². The van der Waals surface area contributed by atoms with Gasteiger partial charge in [0.15, 0.2) is 0 Å². The molecular weight excluding hydrogens is 238 g/mol. The van der Waals surface area contributed by atoms with E-state index in [1.165, 1.54) is 5.56 Å². The van der Waals surface area contributed by atoms with Crippen molar-refractivity contribution in [3.05, 3.63) is 29.8 Å². The lowest BCUT2D eigenvalue weighted by molar-refractivity contribution is -0.125. The monoisotopic (exact) mass is 259 g/mol. The van der Waals surface area contributed by atoms with Crippen LogP contribution in [0.1, 0.15) is 24.8 Å². The number of nitrogens with one attached hydrogen (secondary N) is 1. The molecule has 2 atom stereocenters. The number of rotatable bonds is 2. The molecule has 3 N–H and O–H groups in total. The molecule has 3 rings (SSSR count). The molecule has 2 aliphatic heterocycles. The zero-order chi connectivity index (χ0) is 13.2. The highest BCUT2D eigenvalue weighted by atomic mass is 16.1. The molecule has 2 fully saturated rings. The predicted molar refractivity (Wildman–Crippen MR) is 75.4 cm³/mol. The quantitative estimate of drug-likeness (QED) is 0.789. The molecule has 0 saturated carbocycles. The van der Waals surface area contributed by atoms with Crippen LogP contribution < -0.4 is 11.1 Å². The number of piperidine rings is 2. The maximum absolute atomic E-state index is 11.4. The molecule has 1 aromatic rings. The largest absolute Gasteiger partial charge is 0.399 e. The van der Waals surface area contributed by atoms with Crippen LogP contribution in [0.15, 0.2) is 24.3 Å². The Morgan fingerprint density at radius 3 is 3.11 bits per heavy atom. The Bertz CT molecular complexity index is 474. The first kappa shape index (κ1) is 12.5. The van der Waals surface area contributed by atoms with E-state index in [0.717, 1.165) is 38.2 Å². The van der Waals surface area contributed by atoms with Gasteiger partial charge in [-0.05, 0) is 36.5 Å². The van der Waals surface area contributed by atoms with Crippen molar-refractivity contribution in [2.75, 3.05) is 18.8 Å². The lowest BCUT2D eigenvalue weighted by Crippen LogP contribution is -2.53. The summed E-state index contributed by atoms with van der Waals surface area (Å²) in [6.45, 7) is 3.10. The number of carbonyl (C=O) groups excluding carboxylic acids is 1. The Morgan fingerprint density at radius 2 is 2.26 bits per heavy atom. The summed E-state index contributed by atoms with van der Waals surface area (Å²) in [5, 5.41) is 3.13. The van der Waals surface area contributed by atoms with E-state index in [1.54, 1.807) is 0 Å². The number of fused-ring (bicyclic) bond motifs is 1. The molecule has 19 heavy (non-hydrogen) atoms. The zero-order valence-corrected chi connectivity index (χ0v) is 11.1. The first-order valence-corrected chi connectivity index (χ1v) is 7.07. The number of likely N-dealkylation sites (tertiary alicyclic amines) is 1. The van der Waals surface area contributed by atoms with Crippen molar-refractivity contribution >= 4 is 11.6 Å². The maximum atomic E-state index is 11.4. The Morgan fingerprint density at radius 1 is 1.37 bits per heavy atom. The average molecular weight is 259 g/mol. The average Bonchev–Trinajstić information content (AvgIpc) is 2.39. The molecule has 4 heteroatoms. The summed E-state index contributed by atoms with van der Waals surface area (Å²) in [7, 11) is 0. The van der Waals surface area contributed by atoms with Crippen molar-refractivity contribution in [1.29, 1.82) is 0 Å². The SMILES string of the molecule is Nc1cccc(CN2CCC3NC(=O)CCC3C2)c1. The third-order valence-electron chi connectivity index (χ3n) is 4.26. The van der Waals surface area contributed by atoms with E-state index < -0.39 is 0 Å². The van der Waals surface area contributed by atoms with Crippen LogP contribution in [-0.4, -0.2) is 29.9 Å². The van der Waals surface area contributed by atoms with Gasteiger partial charge in [0, 0.05) is 37.8 Å². The number of hydrogen-bond donors (Lipinski definition) is 2. The number of hydrogen-bond acceptors (Lipinski definition) is 3. The first-order chi connectivity index (χ1) is 9.20. The number of anilines is 1. The van der Waals surface area contributed by atoms with E-state index in [1.807, 2.05) is 12.1 Å². The lowest BCUT2D eigenvalue weighted by atomic mass is 9.85. The van der Waals surface area contributed by atoms with Crippen LogP contribution in [0.4, 0.5) is 5.69 Å². The van der Waals surface area contributed by atoms with E-state index in [-0.39, 0.29) is 5.91 Å². The number of nitrogens with zero attached hydrogens (tertiary/aromatic N) is 1. The fraction of sp³-hybridized carbons (Fsp3) is 0.533. The van der Waals surface area contributed by atoms with Crippen molar-refractivity contribution in [3.63, 3.8) is 0 Å². The molecule has 0 spiro atoms. The standard InChI is InChI=1S/C15H21N3O/c16-13-3-1-2-11(8-13)9-18-7-6-14-12(10-18)4-5-15(19)17-14/h1-3,8,12,14H,4-7,9-10,16H2,(H,17,19). The van der Waals surface area contributed by atoms with Gasteiger partial charge in [0.2, 0.25) is 5.91 Å². The predicted octanol–water partition coefficient (Wildman–Crippen LogP) is 1.37. The van der Waals surface area contributed by atoms with Crippen LogP contribution in [-0.2, 0) is 11.3 Å². The molecule has 2 heterocycles. The van der Waals surface area contributed by atoms with Crippen LogP contribution >= 0.6 is 0 Å². The van der Waals surface area contributed by atoms with Crippen LogP contribution in [0, 0.1) is 5.92 Å². The van der Waals surface area contributed by atoms with E-state index in [0.29, 0.717) is 18.4 Å². The van der Waals surface area contributed by atoms with Gasteiger partial charge in [-0.2, -0.15) is 0 Å². The molecule has 0 bridgehead atoms.